The highest BCUT2D eigenvalue weighted by molar-refractivity contribution is 5.81. The van der Waals surface area contributed by atoms with Crippen LogP contribution in [0.1, 0.15) is 49.1 Å². The van der Waals surface area contributed by atoms with E-state index in [4.69, 9.17) is 0 Å². The Labute approximate surface area is 114 Å². The minimum absolute atomic E-state index is 0.0212. The maximum absolute atomic E-state index is 11.8. The standard InChI is InChI=1S/C16H22N2O/c19-16-15(6-1-2-9-17-16)18-11-12-4-3-5-14(10-12)13-7-8-13/h3-5,10,13,15,18H,1-2,6-9,11H2,(H,17,19). The number of rotatable bonds is 4. The van der Waals surface area contributed by atoms with Crippen molar-refractivity contribution in [2.45, 2.75) is 50.6 Å². The van der Waals surface area contributed by atoms with Crippen molar-refractivity contribution in [1.82, 2.24) is 10.6 Å². The molecule has 102 valence electrons. The van der Waals surface area contributed by atoms with Crippen LogP contribution in [0.15, 0.2) is 24.3 Å². The van der Waals surface area contributed by atoms with Crippen LogP contribution in [0.25, 0.3) is 0 Å². The molecule has 0 bridgehead atoms. The van der Waals surface area contributed by atoms with Gasteiger partial charge in [0.1, 0.15) is 0 Å². The van der Waals surface area contributed by atoms with Crippen molar-refractivity contribution in [3.8, 4) is 0 Å². The fourth-order valence-corrected chi connectivity index (χ4v) is 2.75. The van der Waals surface area contributed by atoms with Crippen LogP contribution in [0, 0.1) is 0 Å². The van der Waals surface area contributed by atoms with E-state index in [2.05, 4.69) is 34.9 Å². The maximum atomic E-state index is 11.8. The first-order valence-corrected chi connectivity index (χ1v) is 7.43. The first-order chi connectivity index (χ1) is 9.33. The van der Waals surface area contributed by atoms with Gasteiger partial charge in [0, 0.05) is 13.1 Å². The summed E-state index contributed by atoms with van der Waals surface area (Å²) in [5.74, 6) is 0.956. The van der Waals surface area contributed by atoms with Crippen LogP contribution in [0.5, 0.6) is 0 Å². The molecule has 3 rings (SSSR count). The molecule has 1 aromatic rings. The first-order valence-electron chi connectivity index (χ1n) is 7.43. The Bertz CT molecular complexity index is 454. The van der Waals surface area contributed by atoms with Crippen molar-refractivity contribution in [3.63, 3.8) is 0 Å². The van der Waals surface area contributed by atoms with Gasteiger partial charge in [0.15, 0.2) is 0 Å². The lowest BCUT2D eigenvalue weighted by molar-refractivity contribution is -0.122. The minimum atomic E-state index is -0.0212. The molecule has 3 nitrogen and oxygen atoms in total. The third-order valence-electron chi connectivity index (χ3n) is 4.09. The average Bonchev–Trinajstić information content (AvgIpc) is 3.25. The summed E-state index contributed by atoms with van der Waals surface area (Å²) in [6, 6.07) is 8.77. The molecule has 19 heavy (non-hydrogen) atoms. The molecule has 1 unspecified atom stereocenters. The molecule has 3 heteroatoms. The number of amides is 1. The van der Waals surface area contributed by atoms with Gasteiger partial charge in [-0.1, -0.05) is 24.3 Å². The third kappa shape index (κ3) is 3.35. The normalized spacial score (nSPS) is 23.8. The van der Waals surface area contributed by atoms with Crippen LogP contribution >= 0.6 is 0 Å². The zero-order valence-corrected chi connectivity index (χ0v) is 11.3. The van der Waals surface area contributed by atoms with E-state index in [-0.39, 0.29) is 11.9 Å². The molecule has 0 aromatic heterocycles. The van der Waals surface area contributed by atoms with Crippen LogP contribution in [-0.4, -0.2) is 18.5 Å². The molecule has 2 aliphatic rings. The quantitative estimate of drug-likeness (QED) is 0.870. The monoisotopic (exact) mass is 258 g/mol. The molecule has 0 radical (unpaired) electrons. The summed E-state index contributed by atoms with van der Waals surface area (Å²) in [6.07, 6.45) is 5.84. The van der Waals surface area contributed by atoms with E-state index in [1.165, 1.54) is 24.0 Å². The molecule has 1 aliphatic heterocycles. The van der Waals surface area contributed by atoms with Crippen molar-refractivity contribution in [3.05, 3.63) is 35.4 Å². The highest BCUT2D eigenvalue weighted by Crippen LogP contribution is 2.40. The smallest absolute Gasteiger partial charge is 0.237 e. The molecule has 0 spiro atoms. The lowest BCUT2D eigenvalue weighted by atomic mass is 10.1. The summed E-state index contributed by atoms with van der Waals surface area (Å²) in [7, 11) is 0. The Morgan fingerprint density at radius 2 is 2.11 bits per heavy atom. The molecule has 1 saturated heterocycles. The molecule has 1 heterocycles. The maximum Gasteiger partial charge on any atom is 0.237 e. The number of carbonyl (C=O) groups excluding carboxylic acids is 1. The Hall–Kier alpha value is -1.35. The minimum Gasteiger partial charge on any atom is -0.355 e. The number of hydrogen-bond acceptors (Lipinski definition) is 2. The van der Waals surface area contributed by atoms with Gasteiger partial charge in [-0.25, -0.2) is 0 Å². The van der Waals surface area contributed by atoms with Gasteiger partial charge in [-0.15, -0.1) is 0 Å². The van der Waals surface area contributed by atoms with E-state index in [0.29, 0.717) is 0 Å². The van der Waals surface area contributed by atoms with Crippen LogP contribution < -0.4 is 10.6 Å². The zero-order chi connectivity index (χ0) is 13.1. The largest absolute Gasteiger partial charge is 0.355 e. The van der Waals surface area contributed by atoms with Crippen LogP contribution in [0.3, 0.4) is 0 Å². The lowest BCUT2D eigenvalue weighted by Gasteiger charge is -2.15. The van der Waals surface area contributed by atoms with E-state index in [1.54, 1.807) is 0 Å². The molecule has 1 saturated carbocycles. The molecule has 1 aliphatic carbocycles. The van der Waals surface area contributed by atoms with Gasteiger partial charge in [0.05, 0.1) is 6.04 Å². The topological polar surface area (TPSA) is 41.1 Å². The molecule has 2 fully saturated rings. The second-order valence-electron chi connectivity index (χ2n) is 5.74. The second-order valence-corrected chi connectivity index (χ2v) is 5.74. The Morgan fingerprint density at radius 1 is 1.21 bits per heavy atom. The summed E-state index contributed by atoms with van der Waals surface area (Å²) >= 11 is 0. The number of benzene rings is 1. The zero-order valence-electron chi connectivity index (χ0n) is 11.3. The molecule has 1 atom stereocenters. The molecular weight excluding hydrogens is 236 g/mol. The first kappa shape index (κ1) is 12.7. The van der Waals surface area contributed by atoms with E-state index in [9.17, 15) is 4.79 Å². The fraction of sp³-hybridized carbons (Fsp3) is 0.562. The van der Waals surface area contributed by atoms with Crippen molar-refractivity contribution >= 4 is 5.91 Å². The summed E-state index contributed by atoms with van der Waals surface area (Å²) < 4.78 is 0. The highest BCUT2D eigenvalue weighted by atomic mass is 16.2. The molecule has 1 aromatic carbocycles. The summed E-state index contributed by atoms with van der Waals surface area (Å²) in [4.78, 5) is 11.8. The van der Waals surface area contributed by atoms with E-state index < -0.39 is 0 Å². The third-order valence-corrected chi connectivity index (χ3v) is 4.09. The number of hydrogen-bond donors (Lipinski definition) is 2. The average molecular weight is 258 g/mol. The number of nitrogens with one attached hydrogen (secondary N) is 2. The Morgan fingerprint density at radius 3 is 2.95 bits per heavy atom. The fourth-order valence-electron chi connectivity index (χ4n) is 2.75. The van der Waals surface area contributed by atoms with E-state index >= 15 is 0 Å². The van der Waals surface area contributed by atoms with Gasteiger partial charge < -0.3 is 10.6 Å². The van der Waals surface area contributed by atoms with Gasteiger partial charge in [-0.3, -0.25) is 4.79 Å². The summed E-state index contributed by atoms with van der Waals surface area (Å²) in [5, 5.41) is 6.37. The highest BCUT2D eigenvalue weighted by Gasteiger charge is 2.23. The van der Waals surface area contributed by atoms with Crippen LogP contribution in [0.4, 0.5) is 0 Å². The summed E-state index contributed by atoms with van der Waals surface area (Å²) in [5.41, 5.74) is 2.76. The van der Waals surface area contributed by atoms with Crippen molar-refractivity contribution in [2.75, 3.05) is 6.54 Å². The lowest BCUT2D eigenvalue weighted by Crippen LogP contribution is -2.42. The molecule has 1 amide bonds. The Kier molecular flexibility index (Phi) is 3.83. The number of carbonyl (C=O) groups is 1. The summed E-state index contributed by atoms with van der Waals surface area (Å²) in [6.45, 7) is 1.62. The van der Waals surface area contributed by atoms with Gasteiger partial charge >= 0.3 is 0 Å². The van der Waals surface area contributed by atoms with Crippen molar-refractivity contribution in [2.24, 2.45) is 0 Å². The van der Waals surface area contributed by atoms with Gasteiger partial charge in [-0.2, -0.15) is 0 Å². The molecular formula is C16H22N2O. The van der Waals surface area contributed by atoms with E-state index in [0.717, 1.165) is 38.3 Å². The Balaban J connectivity index is 1.58. The predicted molar refractivity (Wildman–Crippen MR) is 75.9 cm³/mol. The van der Waals surface area contributed by atoms with Crippen molar-refractivity contribution < 1.29 is 4.79 Å². The van der Waals surface area contributed by atoms with Gasteiger partial charge in [-0.05, 0) is 49.1 Å². The van der Waals surface area contributed by atoms with Crippen LogP contribution in [-0.2, 0) is 11.3 Å². The van der Waals surface area contributed by atoms with Crippen molar-refractivity contribution in [1.29, 1.82) is 0 Å². The predicted octanol–water partition coefficient (Wildman–Crippen LogP) is 2.32. The van der Waals surface area contributed by atoms with Gasteiger partial charge in [0.2, 0.25) is 5.91 Å². The van der Waals surface area contributed by atoms with E-state index in [1.807, 2.05) is 0 Å². The molecule has 2 N–H and O–H groups in total. The van der Waals surface area contributed by atoms with Crippen LogP contribution in [0.2, 0.25) is 0 Å². The SMILES string of the molecule is O=C1NCCCCC1NCc1cccc(C2CC2)c1. The second kappa shape index (κ2) is 5.74. The van der Waals surface area contributed by atoms with Gasteiger partial charge in [0.25, 0.3) is 0 Å².